The lowest BCUT2D eigenvalue weighted by molar-refractivity contribution is 0.400. The van der Waals surface area contributed by atoms with Gasteiger partial charge in [0.2, 0.25) is 0 Å². The van der Waals surface area contributed by atoms with Crippen molar-refractivity contribution in [2.75, 3.05) is 12.8 Å². The summed E-state index contributed by atoms with van der Waals surface area (Å²) < 4.78 is 4.99. The first-order chi connectivity index (χ1) is 6.72. The molecular formula is C10H11N3O. The van der Waals surface area contributed by atoms with Crippen LogP contribution in [0.1, 0.15) is 5.56 Å². The predicted molar refractivity (Wildman–Crippen MR) is 55.2 cm³/mol. The van der Waals surface area contributed by atoms with Crippen molar-refractivity contribution in [2.45, 2.75) is 6.92 Å². The molecule has 1 aromatic carbocycles. The van der Waals surface area contributed by atoms with E-state index in [0.717, 1.165) is 16.6 Å². The molecule has 2 aromatic rings. The third kappa shape index (κ3) is 1.25. The van der Waals surface area contributed by atoms with Gasteiger partial charge < -0.3 is 10.5 Å². The van der Waals surface area contributed by atoms with Crippen LogP contribution >= 0.6 is 0 Å². The molecule has 14 heavy (non-hydrogen) atoms. The van der Waals surface area contributed by atoms with Crippen LogP contribution in [-0.2, 0) is 0 Å². The summed E-state index contributed by atoms with van der Waals surface area (Å²) in [4.78, 5) is 8.48. The Morgan fingerprint density at radius 1 is 1.29 bits per heavy atom. The smallest absolute Gasteiger partial charge is 0.257 e. The number of nitrogen functional groups attached to an aromatic ring is 1. The summed E-state index contributed by atoms with van der Waals surface area (Å²) in [6.45, 7) is 1.98. The zero-order valence-corrected chi connectivity index (χ0v) is 8.11. The monoisotopic (exact) mass is 189 g/mol. The number of fused-ring (bicyclic) bond motifs is 1. The summed E-state index contributed by atoms with van der Waals surface area (Å²) in [6.07, 6.45) is 0. The summed E-state index contributed by atoms with van der Waals surface area (Å²) in [5.74, 6) is 0.706. The van der Waals surface area contributed by atoms with Gasteiger partial charge in [-0.3, -0.25) is 0 Å². The minimum Gasteiger partial charge on any atom is -0.478 e. The Morgan fingerprint density at radius 2 is 2.07 bits per heavy atom. The average molecular weight is 189 g/mol. The number of ether oxygens (including phenoxy) is 1. The summed E-state index contributed by atoms with van der Waals surface area (Å²) >= 11 is 0. The van der Waals surface area contributed by atoms with Gasteiger partial charge in [-0.2, -0.15) is 0 Å². The van der Waals surface area contributed by atoms with Gasteiger partial charge in [0.15, 0.2) is 5.82 Å². The first kappa shape index (κ1) is 8.74. The van der Waals surface area contributed by atoms with E-state index in [1.165, 1.54) is 7.11 Å². The van der Waals surface area contributed by atoms with E-state index in [-0.39, 0.29) is 0 Å². The lowest BCUT2D eigenvalue weighted by Crippen LogP contribution is -1.99. The lowest BCUT2D eigenvalue weighted by Gasteiger charge is -2.05. The molecule has 0 atom stereocenters. The first-order valence-corrected chi connectivity index (χ1v) is 4.29. The van der Waals surface area contributed by atoms with Gasteiger partial charge in [0.05, 0.1) is 18.1 Å². The van der Waals surface area contributed by atoms with E-state index < -0.39 is 0 Å². The van der Waals surface area contributed by atoms with Crippen LogP contribution in [0.5, 0.6) is 5.88 Å². The van der Waals surface area contributed by atoms with E-state index in [1.54, 1.807) is 0 Å². The molecule has 72 valence electrons. The summed E-state index contributed by atoms with van der Waals surface area (Å²) in [7, 11) is 1.53. The minimum absolute atomic E-state index is 0.328. The van der Waals surface area contributed by atoms with Crippen LogP contribution in [0.15, 0.2) is 18.2 Å². The van der Waals surface area contributed by atoms with Crippen molar-refractivity contribution in [1.29, 1.82) is 0 Å². The molecular weight excluding hydrogens is 178 g/mol. The second-order valence-electron chi connectivity index (χ2n) is 3.06. The standard InChI is InChI=1S/C10H11N3O/c1-6-4-3-5-7-8(6)13-9(11)10(12-7)14-2/h3-5H,1-2H3,(H2,11,13). The van der Waals surface area contributed by atoms with Crippen LogP contribution in [0.2, 0.25) is 0 Å². The van der Waals surface area contributed by atoms with E-state index in [1.807, 2.05) is 25.1 Å². The molecule has 0 bridgehead atoms. The van der Waals surface area contributed by atoms with Gasteiger partial charge in [-0.25, -0.2) is 9.97 Å². The van der Waals surface area contributed by atoms with Crippen LogP contribution in [0, 0.1) is 6.92 Å². The summed E-state index contributed by atoms with van der Waals surface area (Å²) in [5.41, 5.74) is 8.35. The quantitative estimate of drug-likeness (QED) is 0.739. The highest BCUT2D eigenvalue weighted by Gasteiger charge is 2.06. The van der Waals surface area contributed by atoms with Gasteiger partial charge in [0, 0.05) is 0 Å². The van der Waals surface area contributed by atoms with Crippen molar-refractivity contribution in [3.63, 3.8) is 0 Å². The molecule has 0 fully saturated rings. The number of hydrogen-bond acceptors (Lipinski definition) is 4. The van der Waals surface area contributed by atoms with Crippen molar-refractivity contribution >= 4 is 16.9 Å². The molecule has 4 nitrogen and oxygen atoms in total. The minimum atomic E-state index is 0.328. The summed E-state index contributed by atoms with van der Waals surface area (Å²) in [6, 6.07) is 5.79. The highest BCUT2D eigenvalue weighted by atomic mass is 16.5. The molecule has 0 aliphatic carbocycles. The predicted octanol–water partition coefficient (Wildman–Crippen LogP) is 1.53. The molecule has 1 heterocycles. The van der Waals surface area contributed by atoms with Crippen LogP contribution in [0.3, 0.4) is 0 Å². The van der Waals surface area contributed by atoms with Gasteiger partial charge >= 0.3 is 0 Å². The normalized spacial score (nSPS) is 10.4. The number of aryl methyl sites for hydroxylation is 1. The van der Waals surface area contributed by atoms with Crippen LogP contribution in [0.4, 0.5) is 5.82 Å². The maximum Gasteiger partial charge on any atom is 0.257 e. The van der Waals surface area contributed by atoms with Gasteiger partial charge in [-0.05, 0) is 18.6 Å². The Balaban J connectivity index is 2.79. The van der Waals surface area contributed by atoms with E-state index in [4.69, 9.17) is 10.5 Å². The van der Waals surface area contributed by atoms with Crippen molar-refractivity contribution in [3.05, 3.63) is 23.8 Å². The number of aromatic nitrogens is 2. The number of nitrogens with two attached hydrogens (primary N) is 1. The number of methoxy groups -OCH3 is 1. The Labute approximate surface area is 81.7 Å². The SMILES string of the molecule is COc1nc2cccc(C)c2nc1N. The average Bonchev–Trinajstić information content (AvgIpc) is 2.19. The Morgan fingerprint density at radius 3 is 2.79 bits per heavy atom. The third-order valence-corrected chi connectivity index (χ3v) is 2.08. The van der Waals surface area contributed by atoms with E-state index >= 15 is 0 Å². The molecule has 0 aliphatic heterocycles. The van der Waals surface area contributed by atoms with Gasteiger partial charge in [-0.1, -0.05) is 12.1 Å². The molecule has 4 heteroatoms. The van der Waals surface area contributed by atoms with Gasteiger partial charge in [0.1, 0.15) is 0 Å². The second-order valence-corrected chi connectivity index (χ2v) is 3.06. The summed E-state index contributed by atoms with van der Waals surface area (Å²) in [5, 5.41) is 0. The molecule has 0 aliphatic rings. The van der Waals surface area contributed by atoms with E-state index in [0.29, 0.717) is 11.7 Å². The van der Waals surface area contributed by atoms with Crippen molar-refractivity contribution in [2.24, 2.45) is 0 Å². The maximum absolute atomic E-state index is 5.67. The van der Waals surface area contributed by atoms with E-state index in [2.05, 4.69) is 9.97 Å². The zero-order valence-electron chi connectivity index (χ0n) is 8.11. The molecule has 0 unspecified atom stereocenters. The topological polar surface area (TPSA) is 61.0 Å². The number of benzene rings is 1. The zero-order chi connectivity index (χ0) is 10.1. The lowest BCUT2D eigenvalue weighted by atomic mass is 10.2. The molecule has 0 saturated heterocycles. The van der Waals surface area contributed by atoms with Crippen LogP contribution in [-0.4, -0.2) is 17.1 Å². The first-order valence-electron chi connectivity index (χ1n) is 4.29. The Kier molecular flexibility index (Phi) is 1.96. The van der Waals surface area contributed by atoms with E-state index in [9.17, 15) is 0 Å². The van der Waals surface area contributed by atoms with Crippen molar-refractivity contribution in [3.8, 4) is 5.88 Å². The van der Waals surface area contributed by atoms with Crippen molar-refractivity contribution in [1.82, 2.24) is 9.97 Å². The van der Waals surface area contributed by atoms with Gasteiger partial charge in [0.25, 0.3) is 5.88 Å². The Bertz CT molecular complexity index is 482. The third-order valence-electron chi connectivity index (χ3n) is 2.08. The van der Waals surface area contributed by atoms with Crippen molar-refractivity contribution < 1.29 is 4.74 Å². The molecule has 0 saturated carbocycles. The molecule has 0 amide bonds. The van der Waals surface area contributed by atoms with Crippen LogP contribution in [0.25, 0.3) is 11.0 Å². The fourth-order valence-electron chi connectivity index (χ4n) is 1.36. The molecule has 2 rings (SSSR count). The molecule has 0 radical (unpaired) electrons. The maximum atomic E-state index is 5.67. The van der Waals surface area contributed by atoms with Crippen LogP contribution < -0.4 is 10.5 Å². The molecule has 0 spiro atoms. The highest BCUT2D eigenvalue weighted by Crippen LogP contribution is 2.21. The largest absolute Gasteiger partial charge is 0.478 e. The number of anilines is 1. The fourth-order valence-corrected chi connectivity index (χ4v) is 1.36. The highest BCUT2D eigenvalue weighted by molar-refractivity contribution is 5.80. The second kappa shape index (κ2) is 3.14. The van der Waals surface area contributed by atoms with Gasteiger partial charge in [-0.15, -0.1) is 0 Å². The number of para-hydroxylation sites is 1. The fraction of sp³-hybridized carbons (Fsp3) is 0.200. The molecule has 2 N–H and O–H groups in total. The number of nitrogens with zero attached hydrogens (tertiary/aromatic N) is 2. The Hall–Kier alpha value is -1.84. The molecule has 1 aromatic heterocycles. The number of hydrogen-bond donors (Lipinski definition) is 1. The number of rotatable bonds is 1.